The molecule has 2 N–H and O–H groups in total. The number of carbonyl (C=O) groups is 1. The topological polar surface area (TPSA) is 101 Å². The third-order valence-corrected chi connectivity index (χ3v) is 5.65. The average Bonchev–Trinajstić information content (AvgIpc) is 2.87. The van der Waals surface area contributed by atoms with E-state index in [0.29, 0.717) is 12.5 Å². The van der Waals surface area contributed by atoms with Crippen LogP contribution in [0.3, 0.4) is 0 Å². The van der Waals surface area contributed by atoms with E-state index in [2.05, 4.69) is 34.1 Å². The number of unbranched alkanes of at least 4 members (excludes halogenated alkanes) is 1. The lowest BCUT2D eigenvalue weighted by atomic mass is 10.00. The molecule has 0 bridgehead atoms. The van der Waals surface area contributed by atoms with Crippen LogP contribution in [-0.2, 0) is 14.8 Å². The predicted octanol–water partition coefficient (Wildman–Crippen LogP) is 1.99. The molecule has 1 atom stereocenters. The van der Waals surface area contributed by atoms with Crippen molar-refractivity contribution in [3.63, 3.8) is 0 Å². The first-order valence-electron chi connectivity index (χ1n) is 6.99. The normalized spacial score (nSPS) is 13.1. The summed E-state index contributed by atoms with van der Waals surface area (Å²) in [6.45, 7) is 5.89. The minimum Gasteiger partial charge on any atom is -0.301 e. The zero-order valence-corrected chi connectivity index (χ0v) is 14.2. The lowest BCUT2D eigenvalue weighted by molar-refractivity contribution is -0.114. The van der Waals surface area contributed by atoms with Crippen molar-refractivity contribution in [1.29, 1.82) is 0 Å². The lowest BCUT2D eigenvalue weighted by Crippen LogP contribution is -2.29. The molecule has 0 saturated heterocycles. The van der Waals surface area contributed by atoms with Crippen molar-refractivity contribution in [1.82, 2.24) is 14.9 Å². The first kappa shape index (κ1) is 18.0. The SMILES string of the molecule is CCCCC(CC)CNS(=O)(=O)c1nnc(NC(C)=O)s1. The van der Waals surface area contributed by atoms with Crippen LogP contribution in [-0.4, -0.2) is 31.1 Å². The molecule has 0 saturated carbocycles. The Labute approximate surface area is 129 Å². The Balaban J connectivity index is 2.64. The molecule has 0 aromatic carbocycles. The molecule has 1 amide bonds. The Kier molecular flexibility index (Phi) is 7.20. The quantitative estimate of drug-likeness (QED) is 0.673. The number of sulfonamides is 1. The van der Waals surface area contributed by atoms with Gasteiger partial charge in [0.1, 0.15) is 0 Å². The number of carbonyl (C=O) groups excluding carboxylic acids is 1. The summed E-state index contributed by atoms with van der Waals surface area (Å²) in [6, 6.07) is 0. The zero-order valence-electron chi connectivity index (χ0n) is 12.5. The fourth-order valence-electron chi connectivity index (χ4n) is 1.75. The van der Waals surface area contributed by atoms with Crippen molar-refractivity contribution in [2.75, 3.05) is 11.9 Å². The van der Waals surface area contributed by atoms with Crippen LogP contribution in [0.1, 0.15) is 46.5 Å². The molecule has 0 aliphatic heterocycles. The van der Waals surface area contributed by atoms with Crippen molar-refractivity contribution in [2.24, 2.45) is 5.92 Å². The average molecular weight is 334 g/mol. The van der Waals surface area contributed by atoms with Gasteiger partial charge in [0.05, 0.1) is 0 Å². The Morgan fingerprint density at radius 3 is 2.62 bits per heavy atom. The van der Waals surface area contributed by atoms with Crippen molar-refractivity contribution in [3.05, 3.63) is 0 Å². The highest BCUT2D eigenvalue weighted by Crippen LogP contribution is 2.20. The molecule has 0 radical (unpaired) electrons. The summed E-state index contributed by atoms with van der Waals surface area (Å²) in [5.41, 5.74) is 0. The van der Waals surface area contributed by atoms with Gasteiger partial charge in [-0.2, -0.15) is 0 Å². The van der Waals surface area contributed by atoms with Crippen LogP contribution in [0.2, 0.25) is 0 Å². The number of nitrogens with zero attached hydrogens (tertiary/aromatic N) is 2. The van der Waals surface area contributed by atoms with E-state index in [9.17, 15) is 13.2 Å². The third-order valence-electron chi connectivity index (χ3n) is 3.02. The molecule has 1 unspecified atom stereocenters. The van der Waals surface area contributed by atoms with Gasteiger partial charge in [0.25, 0.3) is 10.0 Å². The molecule has 120 valence electrons. The van der Waals surface area contributed by atoms with Crippen LogP contribution in [0.5, 0.6) is 0 Å². The van der Waals surface area contributed by atoms with Gasteiger partial charge in [0, 0.05) is 13.5 Å². The highest BCUT2D eigenvalue weighted by atomic mass is 32.2. The van der Waals surface area contributed by atoms with E-state index in [1.54, 1.807) is 0 Å². The largest absolute Gasteiger partial charge is 0.301 e. The second-order valence-corrected chi connectivity index (χ2v) is 7.74. The molecule has 0 fully saturated rings. The summed E-state index contributed by atoms with van der Waals surface area (Å²) in [6.07, 6.45) is 4.12. The minimum absolute atomic E-state index is 0.128. The number of nitrogens with one attached hydrogen (secondary N) is 2. The molecule has 0 aliphatic rings. The lowest BCUT2D eigenvalue weighted by Gasteiger charge is -2.14. The van der Waals surface area contributed by atoms with E-state index in [4.69, 9.17) is 0 Å². The van der Waals surface area contributed by atoms with Crippen molar-refractivity contribution >= 4 is 32.4 Å². The van der Waals surface area contributed by atoms with Gasteiger partial charge in [0.2, 0.25) is 15.4 Å². The van der Waals surface area contributed by atoms with Gasteiger partial charge in [-0.25, -0.2) is 13.1 Å². The minimum atomic E-state index is -3.66. The number of aromatic nitrogens is 2. The van der Waals surface area contributed by atoms with E-state index in [1.165, 1.54) is 6.92 Å². The van der Waals surface area contributed by atoms with Crippen LogP contribution in [0.25, 0.3) is 0 Å². The maximum Gasteiger partial charge on any atom is 0.269 e. The number of amides is 1. The monoisotopic (exact) mass is 334 g/mol. The highest BCUT2D eigenvalue weighted by Gasteiger charge is 2.21. The second-order valence-electron chi connectivity index (χ2n) is 4.82. The first-order valence-corrected chi connectivity index (χ1v) is 9.29. The first-order chi connectivity index (χ1) is 9.89. The summed E-state index contributed by atoms with van der Waals surface area (Å²) >= 11 is 0.841. The zero-order chi connectivity index (χ0) is 15.9. The Bertz CT molecular complexity index is 557. The van der Waals surface area contributed by atoms with Gasteiger partial charge >= 0.3 is 0 Å². The molecule has 0 aliphatic carbocycles. The molecule has 7 nitrogen and oxygen atoms in total. The number of anilines is 1. The number of rotatable bonds is 9. The molecule has 0 spiro atoms. The summed E-state index contributed by atoms with van der Waals surface area (Å²) in [4.78, 5) is 10.9. The third kappa shape index (κ3) is 6.06. The molecule has 1 aromatic rings. The smallest absolute Gasteiger partial charge is 0.269 e. The Morgan fingerprint density at radius 2 is 2.05 bits per heavy atom. The van der Waals surface area contributed by atoms with E-state index in [0.717, 1.165) is 37.0 Å². The van der Waals surface area contributed by atoms with Crippen LogP contribution >= 0.6 is 11.3 Å². The summed E-state index contributed by atoms with van der Waals surface area (Å²) < 4.78 is 26.7. The maximum absolute atomic E-state index is 12.1. The van der Waals surface area contributed by atoms with Gasteiger partial charge in [-0.05, 0) is 12.3 Å². The van der Waals surface area contributed by atoms with Gasteiger partial charge in [-0.3, -0.25) is 4.79 Å². The molecule has 1 aromatic heterocycles. The standard InChI is InChI=1S/C12H22N4O3S2/c1-4-6-7-10(5-2)8-13-21(18,19)12-16-15-11(20-12)14-9(3)17/h10,13H,4-8H2,1-3H3,(H,14,15,17). The summed E-state index contributed by atoms with van der Waals surface area (Å²) in [5, 5.41) is 9.84. The van der Waals surface area contributed by atoms with E-state index in [1.807, 2.05) is 0 Å². The van der Waals surface area contributed by atoms with Crippen molar-refractivity contribution in [2.45, 2.75) is 50.8 Å². The van der Waals surface area contributed by atoms with Gasteiger partial charge in [-0.1, -0.05) is 44.4 Å². The van der Waals surface area contributed by atoms with Gasteiger partial charge < -0.3 is 5.32 Å². The van der Waals surface area contributed by atoms with Crippen molar-refractivity contribution < 1.29 is 13.2 Å². The fraction of sp³-hybridized carbons (Fsp3) is 0.750. The summed E-state index contributed by atoms with van der Waals surface area (Å²) in [5.74, 6) is 0.0103. The predicted molar refractivity (Wildman–Crippen MR) is 82.7 cm³/mol. The molecule has 1 heterocycles. The van der Waals surface area contributed by atoms with Crippen LogP contribution < -0.4 is 10.0 Å². The number of hydrogen-bond acceptors (Lipinski definition) is 6. The van der Waals surface area contributed by atoms with E-state index < -0.39 is 10.0 Å². The number of hydrogen-bond donors (Lipinski definition) is 2. The van der Waals surface area contributed by atoms with Crippen LogP contribution in [0.4, 0.5) is 5.13 Å². The van der Waals surface area contributed by atoms with Crippen LogP contribution in [0.15, 0.2) is 4.34 Å². The molecular formula is C12H22N4O3S2. The molecular weight excluding hydrogens is 312 g/mol. The maximum atomic E-state index is 12.1. The van der Waals surface area contributed by atoms with Crippen molar-refractivity contribution in [3.8, 4) is 0 Å². The summed E-state index contributed by atoms with van der Waals surface area (Å²) in [7, 11) is -3.66. The molecule has 21 heavy (non-hydrogen) atoms. The Morgan fingerprint density at radius 1 is 1.33 bits per heavy atom. The molecule has 1 rings (SSSR count). The highest BCUT2D eigenvalue weighted by molar-refractivity contribution is 7.91. The van der Waals surface area contributed by atoms with E-state index >= 15 is 0 Å². The fourth-order valence-corrected chi connectivity index (χ4v) is 3.85. The Hall–Kier alpha value is -1.06. The van der Waals surface area contributed by atoms with Crippen LogP contribution in [0, 0.1) is 5.92 Å². The van der Waals surface area contributed by atoms with Gasteiger partial charge in [-0.15, -0.1) is 10.2 Å². The van der Waals surface area contributed by atoms with E-state index in [-0.39, 0.29) is 15.4 Å². The van der Waals surface area contributed by atoms with Gasteiger partial charge in [0.15, 0.2) is 0 Å². The second kappa shape index (κ2) is 8.40. The molecule has 9 heteroatoms.